The first-order valence-electron chi connectivity index (χ1n) is 8.79. The highest BCUT2D eigenvalue weighted by molar-refractivity contribution is 7.13. The first-order chi connectivity index (χ1) is 12.6. The second-order valence-corrected chi connectivity index (χ2v) is 7.41. The molecule has 1 fully saturated rings. The SMILES string of the molecule is COc1ccc(CN(C(=O)C2CCCC(N)C2)c2nccs2)c(OC)c1.Cl. The summed E-state index contributed by atoms with van der Waals surface area (Å²) in [4.78, 5) is 19.4. The predicted octanol–water partition coefficient (Wildman–Crippen LogP) is 3.63. The van der Waals surface area contributed by atoms with Crippen LogP contribution in [0.2, 0.25) is 0 Å². The van der Waals surface area contributed by atoms with Crippen LogP contribution in [-0.2, 0) is 11.3 Å². The molecule has 2 unspecified atom stereocenters. The van der Waals surface area contributed by atoms with Crippen molar-refractivity contribution < 1.29 is 14.3 Å². The Morgan fingerprint density at radius 3 is 2.78 bits per heavy atom. The summed E-state index contributed by atoms with van der Waals surface area (Å²) in [6.07, 6.45) is 5.33. The van der Waals surface area contributed by atoms with Gasteiger partial charge in [-0.05, 0) is 31.4 Å². The van der Waals surface area contributed by atoms with E-state index in [9.17, 15) is 4.79 Å². The van der Waals surface area contributed by atoms with Crippen LogP contribution in [0.3, 0.4) is 0 Å². The van der Waals surface area contributed by atoms with Crippen LogP contribution in [0.1, 0.15) is 31.2 Å². The molecule has 0 radical (unpaired) electrons. The third-order valence-electron chi connectivity index (χ3n) is 4.80. The lowest BCUT2D eigenvalue weighted by molar-refractivity contribution is -0.123. The van der Waals surface area contributed by atoms with Gasteiger partial charge in [0.25, 0.3) is 0 Å². The van der Waals surface area contributed by atoms with Crippen LogP contribution in [0.4, 0.5) is 5.13 Å². The average molecular weight is 412 g/mol. The molecule has 3 rings (SSSR count). The van der Waals surface area contributed by atoms with Crippen LogP contribution < -0.4 is 20.1 Å². The second kappa shape index (κ2) is 9.92. The van der Waals surface area contributed by atoms with E-state index in [0.717, 1.165) is 37.0 Å². The molecule has 1 amide bonds. The first kappa shape index (κ1) is 21.5. The van der Waals surface area contributed by atoms with Gasteiger partial charge in [-0.3, -0.25) is 9.69 Å². The topological polar surface area (TPSA) is 77.7 Å². The zero-order valence-electron chi connectivity index (χ0n) is 15.6. The third kappa shape index (κ3) is 5.12. The molecule has 0 bridgehead atoms. The van der Waals surface area contributed by atoms with Gasteiger partial charge in [0.05, 0.1) is 20.8 Å². The maximum absolute atomic E-state index is 13.2. The van der Waals surface area contributed by atoms with Crippen LogP contribution >= 0.6 is 23.7 Å². The molecule has 148 valence electrons. The Kier molecular flexibility index (Phi) is 7.89. The Morgan fingerprint density at radius 1 is 1.33 bits per heavy atom. The van der Waals surface area contributed by atoms with Gasteiger partial charge in [-0.15, -0.1) is 23.7 Å². The molecule has 8 heteroatoms. The summed E-state index contributed by atoms with van der Waals surface area (Å²) in [6, 6.07) is 5.74. The Morgan fingerprint density at radius 2 is 2.15 bits per heavy atom. The number of amides is 1. The molecule has 2 atom stereocenters. The van der Waals surface area contributed by atoms with Crippen molar-refractivity contribution in [3.05, 3.63) is 35.3 Å². The fourth-order valence-electron chi connectivity index (χ4n) is 3.41. The Labute approximate surface area is 170 Å². The summed E-state index contributed by atoms with van der Waals surface area (Å²) in [5.41, 5.74) is 7.01. The number of methoxy groups -OCH3 is 2. The van der Waals surface area contributed by atoms with Crippen LogP contribution in [0, 0.1) is 5.92 Å². The number of ether oxygens (including phenoxy) is 2. The zero-order chi connectivity index (χ0) is 18.5. The van der Waals surface area contributed by atoms with Gasteiger partial charge in [0.15, 0.2) is 5.13 Å². The fraction of sp³-hybridized carbons (Fsp3) is 0.474. The number of rotatable bonds is 6. The van der Waals surface area contributed by atoms with E-state index in [2.05, 4.69) is 4.98 Å². The summed E-state index contributed by atoms with van der Waals surface area (Å²) in [5, 5.41) is 2.58. The number of nitrogens with two attached hydrogens (primary N) is 1. The number of halogens is 1. The van der Waals surface area contributed by atoms with Crippen molar-refractivity contribution >= 4 is 34.8 Å². The predicted molar refractivity (Wildman–Crippen MR) is 110 cm³/mol. The van der Waals surface area contributed by atoms with Crippen molar-refractivity contribution in [1.29, 1.82) is 0 Å². The minimum Gasteiger partial charge on any atom is -0.497 e. The molecule has 1 aliphatic rings. The summed E-state index contributed by atoms with van der Waals surface area (Å²) in [5.74, 6) is 1.45. The zero-order valence-corrected chi connectivity index (χ0v) is 17.2. The molecule has 6 nitrogen and oxygen atoms in total. The van der Waals surface area contributed by atoms with Gasteiger partial charge in [0, 0.05) is 35.2 Å². The molecule has 0 aliphatic heterocycles. The van der Waals surface area contributed by atoms with E-state index >= 15 is 0 Å². The number of hydrogen-bond donors (Lipinski definition) is 1. The molecule has 27 heavy (non-hydrogen) atoms. The van der Waals surface area contributed by atoms with Gasteiger partial charge in [0.2, 0.25) is 5.91 Å². The van der Waals surface area contributed by atoms with Gasteiger partial charge in [-0.1, -0.05) is 6.42 Å². The van der Waals surface area contributed by atoms with Gasteiger partial charge >= 0.3 is 0 Å². The van der Waals surface area contributed by atoms with Crippen molar-refractivity contribution in [3.63, 3.8) is 0 Å². The largest absolute Gasteiger partial charge is 0.497 e. The second-order valence-electron chi connectivity index (χ2n) is 6.54. The van der Waals surface area contributed by atoms with Gasteiger partial charge < -0.3 is 15.2 Å². The van der Waals surface area contributed by atoms with Crippen molar-refractivity contribution in [2.45, 2.75) is 38.3 Å². The third-order valence-corrected chi connectivity index (χ3v) is 5.60. The fourth-order valence-corrected chi connectivity index (χ4v) is 4.06. The van der Waals surface area contributed by atoms with E-state index in [1.165, 1.54) is 11.3 Å². The van der Waals surface area contributed by atoms with E-state index in [-0.39, 0.29) is 30.3 Å². The number of nitrogens with zero attached hydrogens (tertiary/aromatic N) is 2. The number of carbonyl (C=O) groups excluding carboxylic acids is 1. The number of aromatic nitrogens is 1. The minimum absolute atomic E-state index is 0. The molecule has 0 saturated heterocycles. The lowest BCUT2D eigenvalue weighted by Crippen LogP contribution is -2.40. The quantitative estimate of drug-likeness (QED) is 0.785. The molecule has 1 aromatic heterocycles. The van der Waals surface area contributed by atoms with Crippen molar-refractivity contribution in [3.8, 4) is 11.5 Å². The van der Waals surface area contributed by atoms with E-state index in [1.807, 2.05) is 23.6 Å². The van der Waals surface area contributed by atoms with Gasteiger partial charge in [-0.2, -0.15) is 0 Å². The van der Waals surface area contributed by atoms with Crippen molar-refractivity contribution in [1.82, 2.24) is 4.98 Å². The average Bonchev–Trinajstić information content (AvgIpc) is 3.20. The van der Waals surface area contributed by atoms with Gasteiger partial charge in [-0.25, -0.2) is 4.98 Å². The highest BCUT2D eigenvalue weighted by Gasteiger charge is 2.31. The summed E-state index contributed by atoms with van der Waals surface area (Å²) >= 11 is 1.46. The van der Waals surface area contributed by atoms with Crippen molar-refractivity contribution in [2.24, 2.45) is 11.7 Å². The first-order valence-corrected chi connectivity index (χ1v) is 9.67. The Balaban J connectivity index is 0.00000261. The normalized spacial score (nSPS) is 19.1. The lowest BCUT2D eigenvalue weighted by Gasteiger charge is -2.30. The van der Waals surface area contributed by atoms with Crippen LogP contribution in [0.5, 0.6) is 11.5 Å². The molecule has 2 N–H and O–H groups in total. The summed E-state index contributed by atoms with van der Waals surface area (Å²) < 4.78 is 10.8. The molecule has 1 heterocycles. The van der Waals surface area contributed by atoms with Crippen molar-refractivity contribution in [2.75, 3.05) is 19.1 Å². The smallest absolute Gasteiger partial charge is 0.232 e. The lowest BCUT2D eigenvalue weighted by atomic mass is 9.85. The van der Waals surface area contributed by atoms with Gasteiger partial charge in [0.1, 0.15) is 11.5 Å². The van der Waals surface area contributed by atoms with E-state index < -0.39 is 0 Å². The molecule has 1 aliphatic carbocycles. The Bertz CT molecular complexity index is 742. The standard InChI is InChI=1S/C19H25N3O3S.ClH/c1-24-16-7-6-14(17(11-16)25-2)12-22(19-21-8-9-26-19)18(23)13-4-3-5-15(20)10-13;/h6-9,11,13,15H,3-5,10,12,20H2,1-2H3;1H. The van der Waals surface area contributed by atoms with Crippen LogP contribution in [0.25, 0.3) is 0 Å². The summed E-state index contributed by atoms with van der Waals surface area (Å²) in [6.45, 7) is 0.408. The number of carbonyl (C=O) groups is 1. The molecule has 1 aromatic carbocycles. The maximum Gasteiger partial charge on any atom is 0.232 e. The molecule has 1 saturated carbocycles. The summed E-state index contributed by atoms with van der Waals surface area (Å²) in [7, 11) is 3.24. The molecular weight excluding hydrogens is 386 g/mol. The molecular formula is C19H26ClN3O3S. The van der Waals surface area contributed by atoms with E-state index in [0.29, 0.717) is 17.4 Å². The van der Waals surface area contributed by atoms with E-state index in [4.69, 9.17) is 15.2 Å². The van der Waals surface area contributed by atoms with E-state index in [1.54, 1.807) is 25.3 Å². The Hall–Kier alpha value is -1.83. The number of thiazole rings is 1. The minimum atomic E-state index is -0.0492. The molecule has 2 aromatic rings. The number of anilines is 1. The number of hydrogen-bond acceptors (Lipinski definition) is 6. The monoisotopic (exact) mass is 411 g/mol. The van der Waals surface area contributed by atoms with Crippen LogP contribution in [-0.4, -0.2) is 31.2 Å². The highest BCUT2D eigenvalue weighted by Crippen LogP contribution is 2.32. The maximum atomic E-state index is 13.2. The van der Waals surface area contributed by atoms with Crippen LogP contribution in [0.15, 0.2) is 29.8 Å². The molecule has 0 spiro atoms. The highest BCUT2D eigenvalue weighted by atomic mass is 35.5. The number of benzene rings is 1.